The van der Waals surface area contributed by atoms with Crippen molar-refractivity contribution in [1.82, 2.24) is 15.5 Å². The van der Waals surface area contributed by atoms with E-state index in [4.69, 9.17) is 0 Å². The molecule has 8 atom stereocenters. The fraction of sp³-hybridized carbons (Fsp3) is 0.719. The Morgan fingerprint density at radius 3 is 2.38 bits per heavy atom. The Balaban J connectivity index is 1.71. The van der Waals surface area contributed by atoms with Gasteiger partial charge in [0.15, 0.2) is 0 Å². The predicted octanol–water partition coefficient (Wildman–Crippen LogP) is 4.38. The largest absolute Gasteiger partial charge is 0.394 e. The zero-order valence-corrected chi connectivity index (χ0v) is 26.3. The Kier molecular flexibility index (Phi) is 8.74. The number of nitrogens with zero attached hydrogens (tertiary/aromatic N) is 1. The maximum atomic E-state index is 14.5. The monoisotopic (exact) mass is 571 g/mol. The third kappa shape index (κ3) is 5.55. The van der Waals surface area contributed by atoms with Crippen molar-refractivity contribution in [2.45, 2.75) is 109 Å². The molecule has 0 aromatic heterocycles. The minimum Gasteiger partial charge on any atom is -0.394 e. The van der Waals surface area contributed by atoms with E-state index in [-0.39, 0.29) is 46.8 Å². The van der Waals surface area contributed by atoms with Crippen LogP contribution in [0.15, 0.2) is 30.3 Å². The second kappa shape index (κ2) is 11.3. The SMILES string of the molecule is CC[C@H](C)[C@H](CO)N1C(=O)[C@@H]2[C@H](C(=O)NCc3ccccc3)[C@@H]3CC(C)C2(S3)C1C(=O)NC(C)(C)CC(C)(C)C. The summed E-state index contributed by atoms with van der Waals surface area (Å²) in [5.41, 5.74) is 0.522. The Morgan fingerprint density at radius 2 is 1.80 bits per heavy atom. The van der Waals surface area contributed by atoms with Gasteiger partial charge in [-0.2, -0.15) is 0 Å². The van der Waals surface area contributed by atoms with Gasteiger partial charge >= 0.3 is 0 Å². The first kappa shape index (κ1) is 30.9. The molecule has 0 aliphatic carbocycles. The zero-order chi connectivity index (χ0) is 29.6. The molecule has 3 amide bonds. The fourth-order valence-corrected chi connectivity index (χ4v) is 10.3. The van der Waals surface area contributed by atoms with Gasteiger partial charge in [0.25, 0.3) is 0 Å². The molecule has 2 bridgehead atoms. The highest BCUT2D eigenvalue weighted by Crippen LogP contribution is 2.69. The maximum absolute atomic E-state index is 14.5. The summed E-state index contributed by atoms with van der Waals surface area (Å²) in [4.78, 5) is 44.3. The minimum absolute atomic E-state index is 0.00291. The lowest BCUT2D eigenvalue weighted by Crippen LogP contribution is -2.62. The lowest BCUT2D eigenvalue weighted by Gasteiger charge is -2.43. The highest BCUT2D eigenvalue weighted by molar-refractivity contribution is 8.02. The van der Waals surface area contributed by atoms with E-state index in [1.807, 2.05) is 58.0 Å². The van der Waals surface area contributed by atoms with Crippen LogP contribution in [0.3, 0.4) is 0 Å². The second-order valence-electron chi connectivity index (χ2n) is 14.2. The normalized spacial score (nSPS) is 31.2. The van der Waals surface area contributed by atoms with Crippen LogP contribution >= 0.6 is 11.8 Å². The standard InChI is InChI=1S/C32H49N3O4S/c1-9-19(2)22(17-36)35-26(28(38)34-31(7,8)18-30(4,5)6)32-20(3)15-23(40-32)24(25(32)29(35)39)27(37)33-16-21-13-11-10-12-14-21/h10-14,19-20,22-26,36H,9,15-18H2,1-8H3,(H,33,37)(H,34,38)/t19-,20?,22-,23-,24+,25-,26?,32?/m0/s1. The van der Waals surface area contributed by atoms with Crippen LogP contribution in [0.4, 0.5) is 0 Å². The summed E-state index contributed by atoms with van der Waals surface area (Å²) >= 11 is 1.68. The molecular formula is C32H49N3O4S. The Bertz CT molecular complexity index is 1100. The number of rotatable bonds is 10. The van der Waals surface area contributed by atoms with E-state index in [0.29, 0.717) is 6.54 Å². The number of nitrogens with one attached hydrogen (secondary N) is 2. The summed E-state index contributed by atoms with van der Waals surface area (Å²) in [6, 6.07) is 8.54. The number of hydrogen-bond donors (Lipinski definition) is 3. The molecule has 1 aromatic rings. The molecule has 0 radical (unpaired) electrons. The molecule has 3 heterocycles. The van der Waals surface area contributed by atoms with E-state index in [9.17, 15) is 19.5 Å². The van der Waals surface area contributed by atoms with E-state index in [1.54, 1.807) is 16.7 Å². The number of carbonyl (C=O) groups is 3. The molecule has 7 nitrogen and oxygen atoms in total. The summed E-state index contributed by atoms with van der Waals surface area (Å²) in [5, 5.41) is 17.0. The van der Waals surface area contributed by atoms with Gasteiger partial charge in [0.05, 0.1) is 29.2 Å². The number of benzene rings is 1. The van der Waals surface area contributed by atoms with Gasteiger partial charge in [0.1, 0.15) is 6.04 Å². The molecule has 1 aromatic carbocycles. The molecule has 8 heteroatoms. The number of carbonyl (C=O) groups excluding carboxylic acids is 3. The Hall–Kier alpha value is -2.06. The average Bonchev–Trinajstić information content (AvgIpc) is 3.45. The highest BCUT2D eigenvalue weighted by Gasteiger charge is 2.76. The number of fused-ring (bicyclic) bond motifs is 1. The maximum Gasteiger partial charge on any atom is 0.244 e. The molecule has 3 unspecified atom stereocenters. The van der Waals surface area contributed by atoms with Crippen LogP contribution in [0.1, 0.15) is 80.2 Å². The summed E-state index contributed by atoms with van der Waals surface area (Å²) in [6.45, 7) is 16.9. The number of likely N-dealkylation sites (tertiary alicyclic amines) is 1. The van der Waals surface area contributed by atoms with Crippen molar-refractivity contribution in [3.05, 3.63) is 35.9 Å². The summed E-state index contributed by atoms with van der Waals surface area (Å²) < 4.78 is -0.709. The van der Waals surface area contributed by atoms with Crippen molar-refractivity contribution in [3.8, 4) is 0 Å². The van der Waals surface area contributed by atoms with E-state index >= 15 is 0 Å². The van der Waals surface area contributed by atoms with Crippen LogP contribution < -0.4 is 10.6 Å². The number of thioether (sulfide) groups is 1. The van der Waals surface area contributed by atoms with E-state index in [2.05, 4.69) is 38.3 Å². The van der Waals surface area contributed by atoms with Gasteiger partial charge in [-0.3, -0.25) is 14.4 Å². The van der Waals surface area contributed by atoms with Gasteiger partial charge in [-0.15, -0.1) is 11.8 Å². The first-order chi connectivity index (χ1) is 18.7. The summed E-state index contributed by atoms with van der Waals surface area (Å²) in [6.07, 6.45) is 2.32. The van der Waals surface area contributed by atoms with Crippen LogP contribution in [-0.4, -0.2) is 62.0 Å². The van der Waals surface area contributed by atoms with Crippen LogP contribution in [0.25, 0.3) is 0 Å². The molecule has 0 saturated carbocycles. The third-order valence-electron chi connectivity index (χ3n) is 9.32. The molecular weight excluding hydrogens is 522 g/mol. The van der Waals surface area contributed by atoms with Gasteiger partial charge in [-0.1, -0.05) is 78.3 Å². The summed E-state index contributed by atoms with van der Waals surface area (Å²) in [7, 11) is 0. The smallest absolute Gasteiger partial charge is 0.244 e. The Labute approximate surface area is 244 Å². The van der Waals surface area contributed by atoms with Crippen molar-refractivity contribution in [2.24, 2.45) is 29.1 Å². The molecule has 3 aliphatic heterocycles. The first-order valence-electron chi connectivity index (χ1n) is 14.9. The minimum atomic E-state index is -0.743. The quantitative estimate of drug-likeness (QED) is 0.387. The highest BCUT2D eigenvalue weighted by atomic mass is 32.2. The Morgan fingerprint density at radius 1 is 1.15 bits per heavy atom. The molecule has 40 heavy (non-hydrogen) atoms. The van der Waals surface area contributed by atoms with Gasteiger partial charge in [-0.05, 0) is 49.5 Å². The molecule has 1 spiro atoms. The van der Waals surface area contributed by atoms with E-state index in [1.165, 1.54) is 0 Å². The number of hydrogen-bond acceptors (Lipinski definition) is 5. The van der Waals surface area contributed by atoms with Crippen LogP contribution in [0.2, 0.25) is 0 Å². The number of aliphatic hydroxyl groups excluding tert-OH is 1. The number of amides is 3. The lowest BCUT2D eigenvalue weighted by atomic mass is 9.65. The fourth-order valence-electron chi connectivity index (χ4n) is 7.91. The molecule has 3 aliphatic rings. The van der Waals surface area contributed by atoms with E-state index < -0.39 is 34.2 Å². The average molecular weight is 572 g/mol. The molecule has 222 valence electrons. The third-order valence-corrected chi connectivity index (χ3v) is 11.4. The van der Waals surface area contributed by atoms with Crippen molar-refractivity contribution in [1.29, 1.82) is 0 Å². The summed E-state index contributed by atoms with van der Waals surface area (Å²) in [5.74, 6) is -1.46. The van der Waals surface area contributed by atoms with Gasteiger partial charge < -0.3 is 20.6 Å². The van der Waals surface area contributed by atoms with Crippen LogP contribution in [0, 0.1) is 29.1 Å². The topological polar surface area (TPSA) is 98.7 Å². The number of aliphatic hydroxyl groups is 1. The second-order valence-corrected chi connectivity index (χ2v) is 15.8. The van der Waals surface area contributed by atoms with Crippen molar-refractivity contribution >= 4 is 29.5 Å². The van der Waals surface area contributed by atoms with Crippen molar-refractivity contribution in [2.75, 3.05) is 6.61 Å². The van der Waals surface area contributed by atoms with Crippen molar-refractivity contribution < 1.29 is 19.5 Å². The van der Waals surface area contributed by atoms with Gasteiger partial charge in [-0.25, -0.2) is 0 Å². The van der Waals surface area contributed by atoms with Crippen molar-refractivity contribution in [3.63, 3.8) is 0 Å². The first-order valence-corrected chi connectivity index (χ1v) is 15.8. The molecule has 4 rings (SSSR count). The lowest BCUT2D eigenvalue weighted by molar-refractivity contribution is -0.144. The molecule has 3 saturated heterocycles. The molecule has 3 N–H and O–H groups in total. The predicted molar refractivity (Wildman–Crippen MR) is 160 cm³/mol. The van der Waals surface area contributed by atoms with Crippen LogP contribution in [0.5, 0.6) is 0 Å². The molecule has 3 fully saturated rings. The van der Waals surface area contributed by atoms with E-state index in [0.717, 1.165) is 24.8 Å². The van der Waals surface area contributed by atoms with Gasteiger partial charge in [0.2, 0.25) is 17.7 Å². The van der Waals surface area contributed by atoms with Gasteiger partial charge in [0, 0.05) is 17.3 Å². The zero-order valence-electron chi connectivity index (χ0n) is 25.5. The van der Waals surface area contributed by atoms with Crippen LogP contribution in [-0.2, 0) is 20.9 Å².